The van der Waals surface area contributed by atoms with Crippen LogP contribution in [0.5, 0.6) is 0 Å². The Morgan fingerprint density at radius 2 is 2.10 bits per heavy atom. The average molecular weight is 402 g/mol. The molecule has 158 valence electrons. The molecule has 8 nitrogen and oxygen atoms in total. The van der Waals surface area contributed by atoms with Crippen LogP contribution in [0.4, 0.5) is 5.82 Å². The van der Waals surface area contributed by atoms with Gasteiger partial charge in [0.2, 0.25) is 6.41 Å². The standard InChI is InChI=1S/C21H31N5O3/c1-15(2)13-26(9-8-22-14-27)19(28)17-12-24-20(21(3,4)5)25-18(17)23-11-16-7-6-10-29-16/h6-7,10,12,14-15H,8-9,11,13H2,1-5H3,(H,22,27)(H,23,24,25). The summed E-state index contributed by atoms with van der Waals surface area (Å²) < 4.78 is 5.38. The van der Waals surface area contributed by atoms with Crippen LogP contribution in [0, 0.1) is 5.92 Å². The minimum absolute atomic E-state index is 0.172. The van der Waals surface area contributed by atoms with Gasteiger partial charge in [0.25, 0.3) is 5.91 Å². The fourth-order valence-electron chi connectivity index (χ4n) is 2.76. The van der Waals surface area contributed by atoms with E-state index in [1.165, 1.54) is 0 Å². The molecule has 0 aliphatic heterocycles. The van der Waals surface area contributed by atoms with Gasteiger partial charge in [-0.05, 0) is 18.1 Å². The molecule has 2 aromatic rings. The van der Waals surface area contributed by atoms with Crippen LogP contribution in [0.15, 0.2) is 29.0 Å². The van der Waals surface area contributed by atoms with Crippen molar-refractivity contribution in [2.24, 2.45) is 5.92 Å². The molecule has 0 unspecified atom stereocenters. The smallest absolute Gasteiger partial charge is 0.259 e. The highest BCUT2D eigenvalue weighted by molar-refractivity contribution is 5.98. The molecule has 0 saturated heterocycles. The molecule has 0 saturated carbocycles. The van der Waals surface area contributed by atoms with E-state index in [1.807, 2.05) is 46.8 Å². The molecule has 0 aliphatic carbocycles. The van der Waals surface area contributed by atoms with Crippen LogP contribution >= 0.6 is 0 Å². The van der Waals surface area contributed by atoms with E-state index in [9.17, 15) is 9.59 Å². The molecular formula is C21H31N5O3. The van der Waals surface area contributed by atoms with Gasteiger partial charge in [-0.3, -0.25) is 9.59 Å². The SMILES string of the molecule is CC(C)CN(CCNC=O)C(=O)c1cnc(C(C)(C)C)nc1NCc1ccco1. The van der Waals surface area contributed by atoms with E-state index in [4.69, 9.17) is 4.42 Å². The molecule has 0 aliphatic rings. The number of anilines is 1. The number of aromatic nitrogens is 2. The summed E-state index contributed by atoms with van der Waals surface area (Å²) in [6.07, 6.45) is 3.82. The molecule has 0 fully saturated rings. The highest BCUT2D eigenvalue weighted by Crippen LogP contribution is 2.23. The van der Waals surface area contributed by atoms with E-state index in [-0.39, 0.29) is 17.2 Å². The van der Waals surface area contributed by atoms with Gasteiger partial charge in [-0.1, -0.05) is 34.6 Å². The summed E-state index contributed by atoms with van der Waals surface area (Å²) >= 11 is 0. The van der Waals surface area contributed by atoms with Crippen LogP contribution in [0.1, 0.15) is 56.6 Å². The molecule has 2 N–H and O–H groups in total. The van der Waals surface area contributed by atoms with Gasteiger partial charge in [0.05, 0.1) is 12.8 Å². The number of carbonyl (C=O) groups is 2. The third-order valence-corrected chi connectivity index (χ3v) is 4.18. The molecule has 0 radical (unpaired) electrons. The van der Waals surface area contributed by atoms with Crippen LogP contribution < -0.4 is 10.6 Å². The molecule has 29 heavy (non-hydrogen) atoms. The Balaban J connectivity index is 2.33. The molecule has 0 bridgehead atoms. The van der Waals surface area contributed by atoms with Crippen molar-refractivity contribution in [3.8, 4) is 0 Å². The monoisotopic (exact) mass is 401 g/mol. The van der Waals surface area contributed by atoms with Crippen molar-refractivity contribution in [3.05, 3.63) is 41.7 Å². The fraction of sp³-hybridized carbons (Fsp3) is 0.524. The van der Waals surface area contributed by atoms with E-state index < -0.39 is 0 Å². The van der Waals surface area contributed by atoms with Gasteiger partial charge in [0.1, 0.15) is 23.0 Å². The number of furan rings is 1. The zero-order chi connectivity index (χ0) is 21.4. The fourth-order valence-corrected chi connectivity index (χ4v) is 2.76. The Hall–Kier alpha value is -2.90. The number of hydrogen-bond acceptors (Lipinski definition) is 6. The number of nitrogens with one attached hydrogen (secondary N) is 2. The first-order chi connectivity index (χ1) is 13.7. The van der Waals surface area contributed by atoms with Crippen molar-refractivity contribution >= 4 is 18.1 Å². The molecular weight excluding hydrogens is 370 g/mol. The quantitative estimate of drug-likeness (QED) is 0.469. The second-order valence-corrected chi connectivity index (χ2v) is 8.36. The topological polar surface area (TPSA) is 100 Å². The Labute approximate surface area is 172 Å². The van der Waals surface area contributed by atoms with Crippen molar-refractivity contribution in [1.29, 1.82) is 0 Å². The lowest BCUT2D eigenvalue weighted by molar-refractivity contribution is -0.109. The van der Waals surface area contributed by atoms with Crippen LogP contribution in [0.2, 0.25) is 0 Å². The molecule has 0 spiro atoms. The maximum atomic E-state index is 13.3. The van der Waals surface area contributed by atoms with Gasteiger partial charge in [-0.25, -0.2) is 9.97 Å². The lowest BCUT2D eigenvalue weighted by atomic mass is 9.95. The summed E-state index contributed by atoms with van der Waals surface area (Å²) in [6, 6.07) is 3.67. The number of nitrogens with zero attached hydrogens (tertiary/aromatic N) is 3. The summed E-state index contributed by atoms with van der Waals surface area (Å²) in [5.74, 6) is 1.98. The predicted molar refractivity (Wildman–Crippen MR) is 112 cm³/mol. The number of carbonyl (C=O) groups excluding carboxylic acids is 2. The lowest BCUT2D eigenvalue weighted by Gasteiger charge is -2.26. The van der Waals surface area contributed by atoms with Gasteiger partial charge >= 0.3 is 0 Å². The van der Waals surface area contributed by atoms with Gasteiger partial charge < -0.3 is 20.0 Å². The van der Waals surface area contributed by atoms with Crippen LogP contribution in [0.25, 0.3) is 0 Å². The molecule has 0 atom stereocenters. The van der Waals surface area contributed by atoms with Gasteiger partial charge in [0.15, 0.2) is 0 Å². The molecule has 8 heteroatoms. The minimum atomic E-state index is -0.256. The second kappa shape index (κ2) is 10.0. The van der Waals surface area contributed by atoms with E-state index in [1.54, 1.807) is 17.4 Å². The molecule has 2 amide bonds. The highest BCUT2D eigenvalue weighted by atomic mass is 16.3. The average Bonchev–Trinajstić information content (AvgIpc) is 3.17. The van der Waals surface area contributed by atoms with Gasteiger partial charge in [-0.2, -0.15) is 0 Å². The zero-order valence-electron chi connectivity index (χ0n) is 17.9. The van der Waals surface area contributed by atoms with Crippen molar-refractivity contribution in [1.82, 2.24) is 20.2 Å². The Kier molecular flexibility index (Phi) is 7.75. The summed E-state index contributed by atoms with van der Waals surface area (Å²) in [6.45, 7) is 11.9. The van der Waals surface area contributed by atoms with E-state index >= 15 is 0 Å². The van der Waals surface area contributed by atoms with Crippen molar-refractivity contribution in [2.45, 2.75) is 46.6 Å². The van der Waals surface area contributed by atoms with E-state index in [0.29, 0.717) is 49.8 Å². The number of rotatable bonds is 10. The minimum Gasteiger partial charge on any atom is -0.467 e. The summed E-state index contributed by atoms with van der Waals surface area (Å²) in [7, 11) is 0. The van der Waals surface area contributed by atoms with Crippen molar-refractivity contribution in [3.63, 3.8) is 0 Å². The Morgan fingerprint density at radius 1 is 1.34 bits per heavy atom. The lowest BCUT2D eigenvalue weighted by Crippen LogP contribution is -2.39. The first-order valence-corrected chi connectivity index (χ1v) is 9.82. The zero-order valence-corrected chi connectivity index (χ0v) is 17.9. The second-order valence-electron chi connectivity index (χ2n) is 8.36. The molecule has 2 rings (SSSR count). The number of hydrogen-bond donors (Lipinski definition) is 2. The van der Waals surface area contributed by atoms with Gasteiger partial charge in [-0.15, -0.1) is 0 Å². The maximum absolute atomic E-state index is 13.3. The normalized spacial score (nSPS) is 11.4. The van der Waals surface area contributed by atoms with Crippen LogP contribution in [-0.4, -0.2) is 46.8 Å². The predicted octanol–water partition coefficient (Wildman–Crippen LogP) is 2.82. The Bertz CT molecular complexity index is 797. The third-order valence-electron chi connectivity index (χ3n) is 4.18. The molecule has 0 aromatic carbocycles. The summed E-state index contributed by atoms with van der Waals surface area (Å²) in [5.41, 5.74) is 0.144. The highest BCUT2D eigenvalue weighted by Gasteiger charge is 2.25. The molecule has 2 aromatic heterocycles. The number of amides is 2. The molecule has 2 heterocycles. The van der Waals surface area contributed by atoms with Crippen molar-refractivity contribution < 1.29 is 14.0 Å². The van der Waals surface area contributed by atoms with Gasteiger partial charge in [0, 0.05) is 31.2 Å². The van der Waals surface area contributed by atoms with Crippen LogP contribution in [-0.2, 0) is 16.8 Å². The largest absolute Gasteiger partial charge is 0.467 e. The van der Waals surface area contributed by atoms with E-state index in [2.05, 4.69) is 20.6 Å². The third kappa shape index (κ3) is 6.58. The summed E-state index contributed by atoms with van der Waals surface area (Å²) in [4.78, 5) is 34.7. The van der Waals surface area contributed by atoms with E-state index in [0.717, 1.165) is 5.76 Å². The Morgan fingerprint density at radius 3 is 2.69 bits per heavy atom. The van der Waals surface area contributed by atoms with Crippen LogP contribution in [0.3, 0.4) is 0 Å². The summed E-state index contributed by atoms with van der Waals surface area (Å²) in [5, 5.41) is 5.83. The maximum Gasteiger partial charge on any atom is 0.259 e. The first-order valence-electron chi connectivity index (χ1n) is 9.82. The first kappa shape index (κ1) is 22.4. The van der Waals surface area contributed by atoms with Crippen molar-refractivity contribution in [2.75, 3.05) is 25.0 Å².